The topological polar surface area (TPSA) is 36.7 Å². The summed E-state index contributed by atoms with van der Waals surface area (Å²) in [5.74, 6) is 2.03. The molecule has 2 nitrogen and oxygen atoms in total. The van der Waals surface area contributed by atoms with Gasteiger partial charge in [0, 0.05) is 22.2 Å². The number of nitriles is 1. The molecule has 1 atom stereocenters. The molecule has 0 aromatic carbocycles. The Hall–Kier alpha value is -0.720. The Morgan fingerprint density at radius 1 is 1.56 bits per heavy atom. The fourth-order valence-electron chi connectivity index (χ4n) is 1.32. The molecule has 0 radical (unpaired) electrons. The first kappa shape index (κ1) is 13.3. The monoisotopic (exact) mass is 254 g/mol. The van der Waals surface area contributed by atoms with Gasteiger partial charge in [-0.2, -0.15) is 5.26 Å². The highest BCUT2D eigenvalue weighted by molar-refractivity contribution is 7.99. The number of pyridine rings is 1. The Labute approximate surface area is 106 Å². The summed E-state index contributed by atoms with van der Waals surface area (Å²) in [6.07, 6.45) is 0. The maximum atomic E-state index is 9.08. The summed E-state index contributed by atoms with van der Waals surface area (Å²) in [5.41, 5.74) is 2.46. The Bertz CT molecular complexity index is 412. The van der Waals surface area contributed by atoms with E-state index < -0.39 is 0 Å². The van der Waals surface area contributed by atoms with Crippen molar-refractivity contribution >= 4 is 23.4 Å². The minimum Gasteiger partial charge on any atom is -0.257 e. The summed E-state index contributed by atoms with van der Waals surface area (Å²) in [4.78, 5) is 5.31. The zero-order valence-electron chi connectivity index (χ0n) is 9.75. The average Bonchev–Trinajstić information content (AvgIpc) is 2.25. The van der Waals surface area contributed by atoms with Crippen molar-refractivity contribution in [1.82, 2.24) is 4.98 Å². The molecule has 0 bridgehead atoms. The summed E-state index contributed by atoms with van der Waals surface area (Å²) >= 11 is 7.45. The third-order valence-electron chi connectivity index (χ3n) is 2.19. The Morgan fingerprint density at radius 2 is 2.25 bits per heavy atom. The molecule has 0 aliphatic carbocycles. The molecule has 1 aromatic rings. The molecule has 0 amide bonds. The van der Waals surface area contributed by atoms with E-state index in [2.05, 4.69) is 18.0 Å². The first-order valence-corrected chi connectivity index (χ1v) is 6.67. The van der Waals surface area contributed by atoms with Crippen LogP contribution in [0.4, 0.5) is 0 Å². The first-order valence-electron chi connectivity index (χ1n) is 5.15. The second-order valence-corrected chi connectivity index (χ2v) is 5.27. The van der Waals surface area contributed by atoms with E-state index in [0.29, 0.717) is 17.4 Å². The van der Waals surface area contributed by atoms with Crippen molar-refractivity contribution in [1.29, 1.82) is 5.26 Å². The van der Waals surface area contributed by atoms with Crippen LogP contribution in [0, 0.1) is 31.1 Å². The van der Waals surface area contributed by atoms with Crippen molar-refractivity contribution in [3.05, 3.63) is 23.0 Å². The number of aromatic nitrogens is 1. The number of nitrogens with zero attached hydrogens (tertiary/aromatic N) is 2. The smallest absolute Gasteiger partial charge is 0.102 e. The van der Waals surface area contributed by atoms with Gasteiger partial charge in [0.05, 0.1) is 11.3 Å². The number of halogens is 1. The first-order chi connectivity index (χ1) is 7.58. The summed E-state index contributed by atoms with van der Waals surface area (Å²) in [6.45, 7) is 5.93. The number of hydrogen-bond acceptors (Lipinski definition) is 3. The van der Waals surface area contributed by atoms with Gasteiger partial charge in [-0.1, -0.05) is 6.92 Å². The zero-order valence-corrected chi connectivity index (χ0v) is 11.3. The molecule has 0 N–H and O–H groups in total. The summed E-state index contributed by atoms with van der Waals surface area (Å²) in [7, 11) is 0. The van der Waals surface area contributed by atoms with Crippen LogP contribution in [0.5, 0.6) is 0 Å². The molecule has 4 heteroatoms. The number of rotatable bonds is 4. The highest BCUT2D eigenvalue weighted by Crippen LogP contribution is 2.26. The van der Waals surface area contributed by atoms with Crippen LogP contribution in [-0.4, -0.2) is 16.6 Å². The van der Waals surface area contributed by atoms with Gasteiger partial charge >= 0.3 is 0 Å². The Balaban J connectivity index is 2.91. The molecule has 0 fully saturated rings. The second kappa shape index (κ2) is 6.12. The predicted octanol–water partition coefficient (Wildman–Crippen LogP) is 3.54. The molecule has 0 spiro atoms. The molecule has 16 heavy (non-hydrogen) atoms. The molecule has 0 aliphatic rings. The van der Waals surface area contributed by atoms with Gasteiger partial charge in [0.2, 0.25) is 0 Å². The molecule has 1 rings (SSSR count). The maximum Gasteiger partial charge on any atom is 0.102 e. The number of hydrogen-bond donors (Lipinski definition) is 0. The minimum atomic E-state index is 0.451. The van der Waals surface area contributed by atoms with Crippen LogP contribution in [0.2, 0.25) is 0 Å². The van der Waals surface area contributed by atoms with Gasteiger partial charge in [0.25, 0.3) is 0 Å². The van der Waals surface area contributed by atoms with Crippen molar-refractivity contribution < 1.29 is 0 Å². The highest BCUT2D eigenvalue weighted by atomic mass is 35.5. The molecular formula is C12H15ClN2S. The summed E-state index contributed by atoms with van der Waals surface area (Å²) < 4.78 is 0. The lowest BCUT2D eigenvalue weighted by Crippen LogP contribution is -2.01. The van der Waals surface area contributed by atoms with E-state index >= 15 is 0 Å². The largest absolute Gasteiger partial charge is 0.257 e. The van der Waals surface area contributed by atoms with Crippen molar-refractivity contribution in [2.45, 2.75) is 25.7 Å². The fraction of sp³-hybridized carbons (Fsp3) is 0.500. The lowest BCUT2D eigenvalue weighted by atomic mass is 10.2. The quantitative estimate of drug-likeness (QED) is 0.609. The SMILES string of the molecule is Cc1cc(SCC(C)CCl)c(C#N)c(C)n1. The second-order valence-electron chi connectivity index (χ2n) is 3.90. The molecule has 0 saturated carbocycles. The van der Waals surface area contributed by atoms with Gasteiger partial charge in [0.15, 0.2) is 0 Å². The molecule has 1 heterocycles. The van der Waals surface area contributed by atoms with E-state index in [9.17, 15) is 0 Å². The van der Waals surface area contributed by atoms with E-state index in [-0.39, 0.29) is 0 Å². The van der Waals surface area contributed by atoms with Gasteiger partial charge < -0.3 is 0 Å². The van der Waals surface area contributed by atoms with Crippen LogP contribution in [-0.2, 0) is 0 Å². The van der Waals surface area contributed by atoms with Gasteiger partial charge in [-0.05, 0) is 25.8 Å². The number of alkyl halides is 1. The van der Waals surface area contributed by atoms with Crippen LogP contribution < -0.4 is 0 Å². The highest BCUT2D eigenvalue weighted by Gasteiger charge is 2.10. The zero-order chi connectivity index (χ0) is 12.1. The molecular weight excluding hydrogens is 240 g/mol. The third-order valence-corrected chi connectivity index (χ3v) is 4.09. The molecule has 0 saturated heterocycles. The minimum absolute atomic E-state index is 0.451. The van der Waals surface area contributed by atoms with Crippen LogP contribution >= 0.6 is 23.4 Å². The van der Waals surface area contributed by atoms with Crippen molar-refractivity contribution in [3.8, 4) is 6.07 Å². The number of aryl methyl sites for hydroxylation is 2. The van der Waals surface area contributed by atoms with Gasteiger partial charge in [-0.25, -0.2) is 0 Å². The molecule has 1 aromatic heterocycles. The molecule has 86 valence electrons. The summed E-state index contributed by atoms with van der Waals surface area (Å²) in [6, 6.07) is 4.19. The van der Waals surface area contributed by atoms with E-state index in [1.54, 1.807) is 11.8 Å². The van der Waals surface area contributed by atoms with Crippen LogP contribution in [0.1, 0.15) is 23.9 Å². The maximum absolute atomic E-state index is 9.08. The van der Waals surface area contributed by atoms with Crippen LogP contribution in [0.3, 0.4) is 0 Å². The lowest BCUT2D eigenvalue weighted by molar-refractivity contribution is 0.759. The van der Waals surface area contributed by atoms with Crippen molar-refractivity contribution in [2.75, 3.05) is 11.6 Å². The molecule has 0 aliphatic heterocycles. The summed E-state index contributed by atoms with van der Waals surface area (Å²) in [5, 5.41) is 9.08. The van der Waals surface area contributed by atoms with Crippen LogP contribution in [0.25, 0.3) is 0 Å². The molecule has 1 unspecified atom stereocenters. The van der Waals surface area contributed by atoms with Crippen molar-refractivity contribution in [3.63, 3.8) is 0 Å². The van der Waals surface area contributed by atoms with E-state index in [4.69, 9.17) is 16.9 Å². The standard InChI is InChI=1S/C12H15ClN2S/c1-8(5-13)7-16-12-4-9(2)15-10(3)11(12)6-14/h4,8H,5,7H2,1-3H3. The lowest BCUT2D eigenvalue weighted by Gasteiger charge is -2.10. The van der Waals surface area contributed by atoms with E-state index in [1.165, 1.54) is 0 Å². The average molecular weight is 255 g/mol. The van der Waals surface area contributed by atoms with Crippen LogP contribution in [0.15, 0.2) is 11.0 Å². The van der Waals surface area contributed by atoms with Gasteiger partial charge in [-0.3, -0.25) is 4.98 Å². The predicted molar refractivity (Wildman–Crippen MR) is 69.0 cm³/mol. The third kappa shape index (κ3) is 3.40. The normalized spacial score (nSPS) is 12.2. The van der Waals surface area contributed by atoms with E-state index in [0.717, 1.165) is 22.0 Å². The van der Waals surface area contributed by atoms with Crippen molar-refractivity contribution in [2.24, 2.45) is 5.92 Å². The van der Waals surface area contributed by atoms with E-state index in [1.807, 2.05) is 19.9 Å². The van der Waals surface area contributed by atoms with Gasteiger partial charge in [0.1, 0.15) is 6.07 Å². The van der Waals surface area contributed by atoms with Gasteiger partial charge in [-0.15, -0.1) is 23.4 Å². The fourth-order valence-corrected chi connectivity index (χ4v) is 2.73. The Morgan fingerprint density at radius 3 is 2.81 bits per heavy atom. The Kier molecular flexibility index (Phi) is 5.11. The number of thioether (sulfide) groups is 1.